The van der Waals surface area contributed by atoms with E-state index in [9.17, 15) is 15.0 Å². The second-order valence-corrected chi connectivity index (χ2v) is 3.45. The number of carbonyl (C=O) groups excluding carboxylic acids is 1. The quantitative estimate of drug-likeness (QED) is 0.667. The molecule has 0 amide bonds. The highest BCUT2D eigenvalue weighted by Crippen LogP contribution is 2.40. The van der Waals surface area contributed by atoms with Crippen LogP contribution in [0, 0.1) is 0 Å². The molecule has 0 radical (unpaired) electrons. The lowest BCUT2D eigenvalue weighted by molar-refractivity contribution is -0.292. The first-order chi connectivity index (χ1) is 6.96. The minimum absolute atomic E-state index is 0.251. The Morgan fingerprint density at radius 1 is 1.13 bits per heavy atom. The fraction of sp³-hybridized carbons (Fsp3) is 0.300. The first kappa shape index (κ1) is 9.95. The molecule has 2 unspecified atom stereocenters. The molecule has 5 nitrogen and oxygen atoms in total. The van der Waals surface area contributed by atoms with Crippen molar-refractivity contribution >= 4 is 6.16 Å². The molecule has 2 rings (SSSR count). The number of rotatable bonds is 1. The third-order valence-corrected chi connectivity index (χ3v) is 2.31. The highest BCUT2D eigenvalue weighted by molar-refractivity contribution is 5.64. The molecule has 1 saturated heterocycles. The van der Waals surface area contributed by atoms with Crippen LogP contribution >= 0.6 is 0 Å². The normalized spacial score (nSPS) is 34.7. The van der Waals surface area contributed by atoms with Crippen molar-refractivity contribution in [2.45, 2.75) is 18.5 Å². The van der Waals surface area contributed by atoms with Crippen LogP contribution in [0.25, 0.3) is 0 Å². The van der Waals surface area contributed by atoms with Crippen molar-refractivity contribution in [2.24, 2.45) is 0 Å². The Labute approximate surface area is 85.9 Å². The summed E-state index contributed by atoms with van der Waals surface area (Å²) in [6, 6.07) is 8.08. The maximum absolute atomic E-state index is 10.9. The molecule has 1 aliphatic rings. The van der Waals surface area contributed by atoms with Gasteiger partial charge in [-0.25, -0.2) is 4.79 Å². The Kier molecular flexibility index (Phi) is 1.95. The predicted octanol–water partition coefficient (Wildman–Crippen LogP) is 0.707. The van der Waals surface area contributed by atoms with Crippen molar-refractivity contribution in [3.63, 3.8) is 0 Å². The molecule has 2 atom stereocenters. The number of hydrogen-bond donors (Lipinski definition) is 2. The lowest BCUT2D eigenvalue weighted by Gasteiger charge is -2.29. The minimum Gasteiger partial charge on any atom is -0.394 e. The molecule has 15 heavy (non-hydrogen) atoms. The fourth-order valence-corrected chi connectivity index (χ4v) is 1.46. The average molecular weight is 210 g/mol. The molecule has 0 saturated carbocycles. The van der Waals surface area contributed by atoms with Gasteiger partial charge in [0.25, 0.3) is 5.79 Å². The summed E-state index contributed by atoms with van der Waals surface area (Å²) in [5.41, 5.74) is 0.251. The molecule has 5 heteroatoms. The highest BCUT2D eigenvalue weighted by atomic mass is 16.9. The zero-order valence-electron chi connectivity index (χ0n) is 8.01. The van der Waals surface area contributed by atoms with Gasteiger partial charge in [0, 0.05) is 12.5 Å². The molecule has 2 N–H and O–H groups in total. The van der Waals surface area contributed by atoms with Crippen LogP contribution in [0.2, 0.25) is 0 Å². The van der Waals surface area contributed by atoms with E-state index in [0.29, 0.717) is 0 Å². The van der Waals surface area contributed by atoms with E-state index < -0.39 is 17.7 Å². The second kappa shape index (κ2) is 2.95. The van der Waals surface area contributed by atoms with Crippen molar-refractivity contribution in [1.29, 1.82) is 0 Å². The molecule has 1 aromatic carbocycles. The third-order valence-electron chi connectivity index (χ3n) is 2.31. The van der Waals surface area contributed by atoms with E-state index in [4.69, 9.17) is 0 Å². The molecule has 0 aromatic heterocycles. The maximum Gasteiger partial charge on any atom is 0.514 e. The lowest BCUT2D eigenvalue weighted by atomic mass is 9.99. The van der Waals surface area contributed by atoms with Gasteiger partial charge < -0.3 is 19.7 Å². The van der Waals surface area contributed by atoms with Crippen LogP contribution in [0.1, 0.15) is 12.5 Å². The summed E-state index contributed by atoms with van der Waals surface area (Å²) in [6.07, 6.45) is -1.11. The summed E-state index contributed by atoms with van der Waals surface area (Å²) in [5, 5.41) is 19.8. The third kappa shape index (κ3) is 1.36. The molecule has 1 aromatic rings. The largest absolute Gasteiger partial charge is 0.514 e. The Bertz CT molecular complexity index is 386. The van der Waals surface area contributed by atoms with Crippen LogP contribution in [0.5, 0.6) is 0 Å². The zero-order valence-corrected chi connectivity index (χ0v) is 8.01. The molecule has 1 heterocycles. The Hall–Kier alpha value is -1.59. The summed E-state index contributed by atoms with van der Waals surface area (Å²) in [4.78, 5) is 10.9. The first-order valence-electron chi connectivity index (χ1n) is 4.38. The number of hydrogen-bond acceptors (Lipinski definition) is 5. The number of cyclic esters (lactones) is 2. The van der Waals surface area contributed by atoms with Gasteiger partial charge in [-0.2, -0.15) is 0 Å². The minimum atomic E-state index is -2.16. The maximum atomic E-state index is 10.9. The number of aliphatic hydroxyl groups is 2. The van der Waals surface area contributed by atoms with E-state index in [0.717, 1.165) is 6.92 Å². The summed E-state index contributed by atoms with van der Waals surface area (Å²) < 4.78 is 9.06. The van der Waals surface area contributed by atoms with Gasteiger partial charge in [-0.15, -0.1) is 0 Å². The molecule has 0 aliphatic carbocycles. The summed E-state index contributed by atoms with van der Waals surface area (Å²) in [6.45, 7) is 1.16. The van der Waals surface area contributed by atoms with Crippen molar-refractivity contribution in [3.8, 4) is 0 Å². The lowest BCUT2D eigenvalue weighted by Crippen LogP contribution is -2.46. The van der Waals surface area contributed by atoms with Crippen LogP contribution < -0.4 is 0 Å². The summed E-state index contributed by atoms with van der Waals surface area (Å²) >= 11 is 0. The molecule has 80 valence electrons. The van der Waals surface area contributed by atoms with Crippen LogP contribution in [0.15, 0.2) is 30.3 Å². The van der Waals surface area contributed by atoms with Gasteiger partial charge in [0.2, 0.25) is 0 Å². The number of benzene rings is 1. The van der Waals surface area contributed by atoms with Crippen molar-refractivity contribution in [3.05, 3.63) is 35.9 Å². The average Bonchev–Trinajstić information content (AvgIpc) is 2.38. The van der Waals surface area contributed by atoms with E-state index in [-0.39, 0.29) is 5.56 Å². The van der Waals surface area contributed by atoms with E-state index in [1.54, 1.807) is 18.2 Å². The monoisotopic (exact) mass is 210 g/mol. The van der Waals surface area contributed by atoms with Crippen LogP contribution in [0.3, 0.4) is 0 Å². The van der Waals surface area contributed by atoms with Gasteiger partial charge in [-0.3, -0.25) is 0 Å². The highest BCUT2D eigenvalue weighted by Gasteiger charge is 2.60. The number of carbonyl (C=O) groups is 1. The Morgan fingerprint density at radius 3 is 2.20 bits per heavy atom. The van der Waals surface area contributed by atoms with Gasteiger partial charge in [0.1, 0.15) is 0 Å². The fourth-order valence-electron chi connectivity index (χ4n) is 1.46. The first-order valence-corrected chi connectivity index (χ1v) is 4.38. The standard InChI is InChI=1S/C10H10O5/c1-9(12)10(13,15-8(11)14-9)7-5-3-2-4-6-7/h2-6,12-13H,1H3. The van der Waals surface area contributed by atoms with Gasteiger partial charge in [0.05, 0.1) is 0 Å². The van der Waals surface area contributed by atoms with Gasteiger partial charge in [-0.1, -0.05) is 30.3 Å². The molecular formula is C10H10O5. The van der Waals surface area contributed by atoms with E-state index in [1.807, 2.05) is 0 Å². The van der Waals surface area contributed by atoms with Gasteiger partial charge in [0.15, 0.2) is 0 Å². The smallest absolute Gasteiger partial charge is 0.394 e. The van der Waals surface area contributed by atoms with Crippen LogP contribution in [-0.4, -0.2) is 22.2 Å². The van der Waals surface area contributed by atoms with Crippen molar-refractivity contribution in [2.75, 3.05) is 0 Å². The summed E-state index contributed by atoms with van der Waals surface area (Å²) in [5.74, 6) is -4.25. The van der Waals surface area contributed by atoms with E-state index >= 15 is 0 Å². The SMILES string of the molecule is CC1(O)OC(=O)OC1(O)c1ccccc1. The topological polar surface area (TPSA) is 76.0 Å². The molecule has 1 aliphatic heterocycles. The van der Waals surface area contributed by atoms with Gasteiger partial charge >= 0.3 is 11.9 Å². The Balaban J connectivity index is 2.47. The van der Waals surface area contributed by atoms with Gasteiger partial charge in [-0.05, 0) is 0 Å². The van der Waals surface area contributed by atoms with Crippen LogP contribution in [0.4, 0.5) is 4.79 Å². The molecule has 1 fully saturated rings. The second-order valence-electron chi connectivity index (χ2n) is 3.45. The zero-order chi connectivity index (χ0) is 11.1. The van der Waals surface area contributed by atoms with E-state index in [1.165, 1.54) is 12.1 Å². The molecule has 0 spiro atoms. The number of ether oxygens (including phenoxy) is 2. The van der Waals surface area contributed by atoms with E-state index in [2.05, 4.69) is 9.47 Å². The van der Waals surface area contributed by atoms with Crippen molar-refractivity contribution < 1.29 is 24.5 Å². The van der Waals surface area contributed by atoms with Crippen molar-refractivity contribution in [1.82, 2.24) is 0 Å². The molecular weight excluding hydrogens is 200 g/mol. The summed E-state index contributed by atoms with van der Waals surface area (Å²) in [7, 11) is 0. The predicted molar refractivity (Wildman–Crippen MR) is 48.5 cm³/mol. The molecule has 0 bridgehead atoms. The Morgan fingerprint density at radius 2 is 1.73 bits per heavy atom. The van der Waals surface area contributed by atoms with Crippen LogP contribution in [-0.2, 0) is 15.3 Å².